The molecule has 1 aromatic carbocycles. The van der Waals surface area contributed by atoms with Crippen molar-refractivity contribution < 1.29 is 4.79 Å². The van der Waals surface area contributed by atoms with Gasteiger partial charge in [-0.1, -0.05) is 26.0 Å². The molecule has 3 nitrogen and oxygen atoms in total. The van der Waals surface area contributed by atoms with Gasteiger partial charge in [0.25, 0.3) is 0 Å². The Labute approximate surface area is 115 Å². The molecule has 1 saturated carbocycles. The van der Waals surface area contributed by atoms with Gasteiger partial charge in [0.2, 0.25) is 5.91 Å². The van der Waals surface area contributed by atoms with E-state index < -0.39 is 0 Å². The molecule has 1 aliphatic rings. The van der Waals surface area contributed by atoms with Crippen LogP contribution in [-0.2, 0) is 4.79 Å². The second-order valence-corrected chi connectivity index (χ2v) is 5.76. The Balaban J connectivity index is 1.89. The van der Waals surface area contributed by atoms with E-state index in [-0.39, 0.29) is 5.91 Å². The third kappa shape index (κ3) is 4.35. The van der Waals surface area contributed by atoms with Crippen molar-refractivity contribution in [1.82, 2.24) is 5.32 Å². The molecule has 0 aromatic heterocycles. The van der Waals surface area contributed by atoms with Gasteiger partial charge in [-0.2, -0.15) is 0 Å². The van der Waals surface area contributed by atoms with E-state index in [0.717, 1.165) is 17.8 Å². The van der Waals surface area contributed by atoms with Crippen molar-refractivity contribution in [3.05, 3.63) is 29.3 Å². The molecule has 2 N–H and O–H groups in total. The number of nitrogens with one attached hydrogen (secondary N) is 2. The maximum Gasteiger partial charge on any atom is 0.225 e. The first-order valence-electron chi connectivity index (χ1n) is 7.20. The second kappa shape index (κ2) is 6.20. The van der Waals surface area contributed by atoms with Crippen LogP contribution in [0.25, 0.3) is 0 Å². The van der Waals surface area contributed by atoms with E-state index >= 15 is 0 Å². The molecule has 1 aromatic rings. The first-order valence-corrected chi connectivity index (χ1v) is 7.20. The third-order valence-electron chi connectivity index (χ3n) is 3.56. The molecule has 104 valence electrons. The highest BCUT2D eigenvalue weighted by Crippen LogP contribution is 2.22. The van der Waals surface area contributed by atoms with Crippen LogP contribution in [0.15, 0.2) is 18.2 Å². The summed E-state index contributed by atoms with van der Waals surface area (Å²) in [4.78, 5) is 11.9. The third-order valence-corrected chi connectivity index (χ3v) is 3.56. The largest absolute Gasteiger partial charge is 0.326 e. The van der Waals surface area contributed by atoms with Crippen LogP contribution in [0.5, 0.6) is 0 Å². The molecule has 19 heavy (non-hydrogen) atoms. The summed E-state index contributed by atoms with van der Waals surface area (Å²) in [6, 6.07) is 6.96. The summed E-state index contributed by atoms with van der Waals surface area (Å²) >= 11 is 0. The van der Waals surface area contributed by atoms with Gasteiger partial charge in [-0.3, -0.25) is 4.79 Å². The molecule has 0 spiro atoms. The van der Waals surface area contributed by atoms with Crippen molar-refractivity contribution in [2.24, 2.45) is 0 Å². The Kier molecular flexibility index (Phi) is 4.59. The summed E-state index contributed by atoms with van der Waals surface area (Å²) in [7, 11) is 0. The molecule has 1 fully saturated rings. The standard InChI is InChI=1S/C16H24N2O/c1-11(2)13-5-4-12(3)15(10-13)18-16(19)8-9-17-14-6-7-14/h4-5,10-11,14,17H,6-9H2,1-3H3,(H,18,19). The van der Waals surface area contributed by atoms with Crippen LogP contribution in [0.3, 0.4) is 0 Å². The summed E-state index contributed by atoms with van der Waals surface area (Å²) in [5.74, 6) is 0.574. The molecule has 2 rings (SSSR count). The molecule has 1 aliphatic carbocycles. The average Bonchev–Trinajstić information content (AvgIpc) is 3.15. The molecule has 0 unspecified atom stereocenters. The van der Waals surface area contributed by atoms with Crippen molar-refractivity contribution in [1.29, 1.82) is 0 Å². The fraction of sp³-hybridized carbons (Fsp3) is 0.562. The fourth-order valence-corrected chi connectivity index (χ4v) is 2.02. The van der Waals surface area contributed by atoms with E-state index in [4.69, 9.17) is 0 Å². The molecule has 3 heteroatoms. The number of anilines is 1. The minimum Gasteiger partial charge on any atom is -0.326 e. The highest BCUT2D eigenvalue weighted by Gasteiger charge is 2.20. The highest BCUT2D eigenvalue weighted by molar-refractivity contribution is 5.91. The lowest BCUT2D eigenvalue weighted by Gasteiger charge is -2.12. The number of hydrogen-bond donors (Lipinski definition) is 2. The highest BCUT2D eigenvalue weighted by atomic mass is 16.1. The van der Waals surface area contributed by atoms with E-state index in [1.165, 1.54) is 18.4 Å². The van der Waals surface area contributed by atoms with Gasteiger partial charge in [-0.05, 0) is 42.9 Å². The zero-order valence-corrected chi connectivity index (χ0v) is 12.1. The monoisotopic (exact) mass is 260 g/mol. The van der Waals surface area contributed by atoms with Crippen LogP contribution in [-0.4, -0.2) is 18.5 Å². The van der Waals surface area contributed by atoms with Crippen molar-refractivity contribution in [3.8, 4) is 0 Å². The fourth-order valence-electron chi connectivity index (χ4n) is 2.02. The maximum atomic E-state index is 11.9. The lowest BCUT2D eigenvalue weighted by molar-refractivity contribution is -0.116. The molecule has 0 heterocycles. The number of amides is 1. The molecule has 1 amide bonds. The molecular formula is C16H24N2O. The summed E-state index contributed by atoms with van der Waals surface area (Å²) in [6.45, 7) is 7.13. The van der Waals surface area contributed by atoms with Gasteiger partial charge < -0.3 is 10.6 Å². The van der Waals surface area contributed by atoms with E-state index in [0.29, 0.717) is 18.4 Å². The number of aryl methyl sites for hydroxylation is 1. The summed E-state index contributed by atoms with van der Waals surface area (Å²) in [5, 5.41) is 6.38. The summed E-state index contributed by atoms with van der Waals surface area (Å²) < 4.78 is 0. The van der Waals surface area contributed by atoms with Crippen molar-refractivity contribution in [3.63, 3.8) is 0 Å². The van der Waals surface area contributed by atoms with Gasteiger partial charge in [0, 0.05) is 24.7 Å². The minimum atomic E-state index is 0.0946. The van der Waals surface area contributed by atoms with Crippen LogP contribution in [0.2, 0.25) is 0 Å². The molecule has 0 saturated heterocycles. The van der Waals surface area contributed by atoms with Crippen LogP contribution in [0.4, 0.5) is 5.69 Å². The van der Waals surface area contributed by atoms with Gasteiger partial charge in [-0.15, -0.1) is 0 Å². The first kappa shape index (κ1) is 14.1. The topological polar surface area (TPSA) is 41.1 Å². The van der Waals surface area contributed by atoms with Crippen molar-refractivity contribution >= 4 is 11.6 Å². The SMILES string of the molecule is Cc1ccc(C(C)C)cc1NC(=O)CCNC1CC1. The maximum absolute atomic E-state index is 11.9. The quantitative estimate of drug-likeness (QED) is 0.824. The number of carbonyl (C=O) groups is 1. The number of benzene rings is 1. The van der Waals surface area contributed by atoms with E-state index in [1.807, 2.05) is 6.92 Å². The Morgan fingerprint density at radius 3 is 2.74 bits per heavy atom. The van der Waals surface area contributed by atoms with Gasteiger partial charge >= 0.3 is 0 Å². The number of carbonyl (C=O) groups excluding carboxylic acids is 1. The van der Waals surface area contributed by atoms with Gasteiger partial charge in [0.15, 0.2) is 0 Å². The Bertz CT molecular complexity index is 450. The molecule has 0 aliphatic heterocycles. The smallest absolute Gasteiger partial charge is 0.225 e. The molecule has 0 radical (unpaired) electrons. The zero-order valence-electron chi connectivity index (χ0n) is 12.1. The summed E-state index contributed by atoms with van der Waals surface area (Å²) in [5.41, 5.74) is 3.33. The predicted molar refractivity (Wildman–Crippen MR) is 79.5 cm³/mol. The molecule has 0 atom stereocenters. The lowest BCUT2D eigenvalue weighted by atomic mass is 10.0. The lowest BCUT2D eigenvalue weighted by Crippen LogP contribution is -2.23. The predicted octanol–water partition coefficient (Wildman–Crippen LogP) is 3.20. The average molecular weight is 260 g/mol. The van der Waals surface area contributed by atoms with Crippen LogP contribution < -0.4 is 10.6 Å². The molecular weight excluding hydrogens is 236 g/mol. The minimum absolute atomic E-state index is 0.0946. The Morgan fingerprint density at radius 2 is 2.11 bits per heavy atom. The number of rotatable bonds is 6. The Hall–Kier alpha value is -1.35. The normalized spacial score (nSPS) is 14.7. The first-order chi connectivity index (χ1) is 9.06. The van der Waals surface area contributed by atoms with E-state index in [1.54, 1.807) is 0 Å². The van der Waals surface area contributed by atoms with Crippen LogP contribution >= 0.6 is 0 Å². The molecule has 0 bridgehead atoms. The summed E-state index contributed by atoms with van der Waals surface area (Å²) in [6.07, 6.45) is 3.07. The van der Waals surface area contributed by atoms with Crippen molar-refractivity contribution in [2.45, 2.75) is 52.0 Å². The number of hydrogen-bond acceptors (Lipinski definition) is 2. The van der Waals surface area contributed by atoms with Gasteiger partial charge in [0.1, 0.15) is 0 Å². The van der Waals surface area contributed by atoms with Crippen LogP contribution in [0.1, 0.15) is 50.2 Å². The van der Waals surface area contributed by atoms with Crippen LogP contribution in [0, 0.1) is 6.92 Å². The second-order valence-electron chi connectivity index (χ2n) is 5.76. The Morgan fingerprint density at radius 1 is 1.37 bits per heavy atom. The van der Waals surface area contributed by atoms with E-state index in [9.17, 15) is 4.79 Å². The zero-order chi connectivity index (χ0) is 13.8. The van der Waals surface area contributed by atoms with Gasteiger partial charge in [0.05, 0.1) is 0 Å². The van der Waals surface area contributed by atoms with Gasteiger partial charge in [-0.25, -0.2) is 0 Å². The van der Waals surface area contributed by atoms with Crippen molar-refractivity contribution in [2.75, 3.05) is 11.9 Å². The van der Waals surface area contributed by atoms with E-state index in [2.05, 4.69) is 42.7 Å².